The van der Waals surface area contributed by atoms with E-state index in [2.05, 4.69) is 26.3 Å². The third kappa shape index (κ3) is 2.76. The second-order valence-electron chi connectivity index (χ2n) is 3.81. The Kier molecular flexibility index (Phi) is 3.76. The van der Waals surface area contributed by atoms with Crippen LogP contribution in [0.1, 0.15) is 15.9 Å². The van der Waals surface area contributed by atoms with Gasteiger partial charge in [-0.05, 0) is 28.1 Å². The molecule has 0 radical (unpaired) electrons. The summed E-state index contributed by atoms with van der Waals surface area (Å²) in [6.45, 7) is 0.318. The summed E-state index contributed by atoms with van der Waals surface area (Å²) in [4.78, 5) is 11.8. The standard InChI is InChI=1S/C12H11BrFN3O/c1-17-7-8(6-16-17)5-15-12(18)9-3-2-4-10(13)11(9)14/h2-4,6-7H,5H2,1H3,(H,15,18). The molecule has 0 saturated heterocycles. The van der Waals surface area contributed by atoms with E-state index >= 15 is 0 Å². The smallest absolute Gasteiger partial charge is 0.254 e. The van der Waals surface area contributed by atoms with E-state index in [0.29, 0.717) is 6.54 Å². The highest BCUT2D eigenvalue weighted by Gasteiger charge is 2.13. The van der Waals surface area contributed by atoms with E-state index in [9.17, 15) is 9.18 Å². The van der Waals surface area contributed by atoms with E-state index in [1.807, 2.05) is 0 Å². The van der Waals surface area contributed by atoms with Crippen LogP contribution in [0, 0.1) is 5.82 Å². The number of hydrogen-bond donors (Lipinski definition) is 1. The van der Waals surface area contributed by atoms with Crippen LogP contribution in [0.15, 0.2) is 35.1 Å². The normalized spacial score (nSPS) is 10.4. The SMILES string of the molecule is Cn1cc(CNC(=O)c2cccc(Br)c2F)cn1. The van der Waals surface area contributed by atoms with E-state index in [1.54, 1.807) is 36.3 Å². The van der Waals surface area contributed by atoms with Gasteiger partial charge in [-0.2, -0.15) is 5.10 Å². The molecule has 1 amide bonds. The molecule has 18 heavy (non-hydrogen) atoms. The quantitative estimate of drug-likeness (QED) is 0.945. The molecule has 4 nitrogen and oxygen atoms in total. The van der Waals surface area contributed by atoms with Crippen LogP contribution in [0.4, 0.5) is 4.39 Å². The summed E-state index contributed by atoms with van der Waals surface area (Å²) in [5, 5.41) is 6.63. The fourth-order valence-electron chi connectivity index (χ4n) is 1.52. The Morgan fingerprint density at radius 3 is 3.00 bits per heavy atom. The van der Waals surface area contributed by atoms with Crippen molar-refractivity contribution in [1.82, 2.24) is 15.1 Å². The van der Waals surface area contributed by atoms with Crippen LogP contribution >= 0.6 is 15.9 Å². The minimum Gasteiger partial charge on any atom is -0.348 e. The first-order valence-electron chi connectivity index (χ1n) is 5.27. The number of rotatable bonds is 3. The Morgan fingerprint density at radius 1 is 1.56 bits per heavy atom. The van der Waals surface area contributed by atoms with Gasteiger partial charge in [0.1, 0.15) is 5.82 Å². The fourth-order valence-corrected chi connectivity index (χ4v) is 1.89. The van der Waals surface area contributed by atoms with E-state index in [4.69, 9.17) is 0 Å². The third-order valence-electron chi connectivity index (χ3n) is 2.41. The van der Waals surface area contributed by atoms with Crippen molar-refractivity contribution in [2.75, 3.05) is 0 Å². The van der Waals surface area contributed by atoms with Crippen molar-refractivity contribution in [3.05, 3.63) is 52.0 Å². The van der Waals surface area contributed by atoms with Crippen molar-refractivity contribution in [2.24, 2.45) is 7.05 Å². The Morgan fingerprint density at radius 2 is 2.33 bits per heavy atom. The van der Waals surface area contributed by atoms with Gasteiger partial charge >= 0.3 is 0 Å². The number of carbonyl (C=O) groups is 1. The topological polar surface area (TPSA) is 46.9 Å². The molecule has 1 aromatic carbocycles. The zero-order valence-corrected chi connectivity index (χ0v) is 11.2. The van der Waals surface area contributed by atoms with Gasteiger partial charge in [0.25, 0.3) is 5.91 Å². The van der Waals surface area contributed by atoms with Crippen LogP contribution < -0.4 is 5.32 Å². The van der Waals surface area contributed by atoms with Gasteiger partial charge < -0.3 is 5.32 Å². The first-order chi connectivity index (χ1) is 8.58. The van der Waals surface area contributed by atoms with Crippen molar-refractivity contribution in [1.29, 1.82) is 0 Å². The second-order valence-corrected chi connectivity index (χ2v) is 4.66. The lowest BCUT2D eigenvalue weighted by molar-refractivity contribution is 0.0946. The number of aryl methyl sites for hydroxylation is 1. The van der Waals surface area contributed by atoms with Gasteiger partial charge in [0.15, 0.2) is 0 Å². The predicted octanol–water partition coefficient (Wildman–Crippen LogP) is 2.25. The summed E-state index contributed by atoms with van der Waals surface area (Å²) in [5.74, 6) is -1.00. The average Bonchev–Trinajstić information content (AvgIpc) is 2.76. The maximum atomic E-state index is 13.7. The molecule has 0 aliphatic heterocycles. The summed E-state index contributed by atoms with van der Waals surface area (Å²) < 4.78 is 15.6. The van der Waals surface area contributed by atoms with Crippen molar-refractivity contribution in [2.45, 2.75) is 6.54 Å². The maximum absolute atomic E-state index is 13.7. The number of benzene rings is 1. The molecule has 0 bridgehead atoms. The lowest BCUT2D eigenvalue weighted by Gasteiger charge is -2.05. The van der Waals surface area contributed by atoms with Crippen LogP contribution in [-0.2, 0) is 13.6 Å². The van der Waals surface area contributed by atoms with Crippen molar-refractivity contribution < 1.29 is 9.18 Å². The minimum atomic E-state index is -0.554. The molecule has 6 heteroatoms. The van der Waals surface area contributed by atoms with Crippen LogP contribution in [-0.4, -0.2) is 15.7 Å². The summed E-state index contributed by atoms with van der Waals surface area (Å²) in [6, 6.07) is 4.61. The fraction of sp³-hybridized carbons (Fsp3) is 0.167. The van der Waals surface area contributed by atoms with Gasteiger partial charge in [0, 0.05) is 25.4 Å². The number of carbonyl (C=O) groups excluding carboxylic acids is 1. The first-order valence-corrected chi connectivity index (χ1v) is 6.07. The summed E-state index contributed by atoms with van der Waals surface area (Å²) >= 11 is 3.05. The molecule has 2 rings (SSSR count). The number of aromatic nitrogens is 2. The van der Waals surface area contributed by atoms with Gasteiger partial charge in [-0.15, -0.1) is 0 Å². The van der Waals surface area contributed by atoms with E-state index in [1.165, 1.54) is 6.07 Å². The van der Waals surface area contributed by atoms with Crippen molar-refractivity contribution >= 4 is 21.8 Å². The molecule has 0 atom stereocenters. The number of nitrogens with zero attached hydrogens (tertiary/aromatic N) is 2. The monoisotopic (exact) mass is 311 g/mol. The number of hydrogen-bond acceptors (Lipinski definition) is 2. The highest BCUT2D eigenvalue weighted by Crippen LogP contribution is 2.18. The lowest BCUT2D eigenvalue weighted by Crippen LogP contribution is -2.23. The van der Waals surface area contributed by atoms with Gasteiger partial charge in [0.05, 0.1) is 16.2 Å². The highest BCUT2D eigenvalue weighted by molar-refractivity contribution is 9.10. The molecule has 2 aromatic rings. The average molecular weight is 312 g/mol. The molecular weight excluding hydrogens is 301 g/mol. The second kappa shape index (κ2) is 5.30. The van der Waals surface area contributed by atoms with Gasteiger partial charge in [-0.3, -0.25) is 9.48 Å². The zero-order chi connectivity index (χ0) is 13.1. The largest absolute Gasteiger partial charge is 0.348 e. The molecule has 1 N–H and O–H groups in total. The summed E-state index contributed by atoms with van der Waals surface area (Å²) in [7, 11) is 1.79. The molecule has 0 aliphatic rings. The van der Waals surface area contributed by atoms with Crippen LogP contribution in [0.25, 0.3) is 0 Å². The van der Waals surface area contributed by atoms with Crippen LogP contribution in [0.5, 0.6) is 0 Å². The van der Waals surface area contributed by atoms with Crippen LogP contribution in [0.3, 0.4) is 0 Å². The molecule has 1 heterocycles. The molecule has 0 aliphatic carbocycles. The van der Waals surface area contributed by atoms with E-state index in [-0.39, 0.29) is 10.0 Å². The van der Waals surface area contributed by atoms with Crippen LogP contribution in [0.2, 0.25) is 0 Å². The zero-order valence-electron chi connectivity index (χ0n) is 9.65. The minimum absolute atomic E-state index is 0.0215. The number of amides is 1. The summed E-state index contributed by atoms with van der Waals surface area (Å²) in [6.07, 6.45) is 3.44. The first kappa shape index (κ1) is 12.8. The van der Waals surface area contributed by atoms with E-state index < -0.39 is 11.7 Å². The Labute approximate surface area is 112 Å². The van der Waals surface area contributed by atoms with Gasteiger partial charge in [-0.25, -0.2) is 4.39 Å². The molecule has 0 spiro atoms. The molecule has 0 fully saturated rings. The molecule has 1 aromatic heterocycles. The molecular formula is C12H11BrFN3O. The Bertz CT molecular complexity index is 582. The van der Waals surface area contributed by atoms with E-state index in [0.717, 1.165) is 5.56 Å². The molecule has 0 unspecified atom stereocenters. The number of nitrogens with one attached hydrogen (secondary N) is 1. The van der Waals surface area contributed by atoms with Crippen molar-refractivity contribution in [3.8, 4) is 0 Å². The van der Waals surface area contributed by atoms with Gasteiger partial charge in [0.2, 0.25) is 0 Å². The highest BCUT2D eigenvalue weighted by atomic mass is 79.9. The third-order valence-corrected chi connectivity index (χ3v) is 3.02. The molecule has 94 valence electrons. The molecule has 0 saturated carbocycles. The lowest BCUT2D eigenvalue weighted by atomic mass is 10.2. The number of halogens is 2. The predicted molar refractivity (Wildman–Crippen MR) is 68.5 cm³/mol. The summed E-state index contributed by atoms with van der Waals surface area (Å²) in [5.41, 5.74) is 0.884. The Balaban J connectivity index is 2.06. The van der Waals surface area contributed by atoms with Gasteiger partial charge in [-0.1, -0.05) is 6.07 Å². The maximum Gasteiger partial charge on any atom is 0.254 e. The van der Waals surface area contributed by atoms with Crippen molar-refractivity contribution in [3.63, 3.8) is 0 Å². The Hall–Kier alpha value is -1.69.